The van der Waals surface area contributed by atoms with Gasteiger partial charge in [0.05, 0.1) is 18.3 Å². The quantitative estimate of drug-likeness (QED) is 0.726. The molecule has 0 radical (unpaired) electrons. The van der Waals surface area contributed by atoms with Crippen LogP contribution in [-0.4, -0.2) is 34.5 Å². The largest absolute Gasteiger partial charge is 0.370 e. The second-order valence-electron chi connectivity index (χ2n) is 6.20. The number of morpholine rings is 1. The third-order valence-corrected chi connectivity index (χ3v) is 4.38. The first-order valence-corrected chi connectivity index (χ1v) is 8.02. The van der Waals surface area contributed by atoms with Gasteiger partial charge in [0, 0.05) is 54.7 Å². The number of fused-ring (bicyclic) bond motifs is 1. The molecule has 0 spiro atoms. The summed E-state index contributed by atoms with van der Waals surface area (Å²) in [5, 5.41) is 5.20. The predicted molar refractivity (Wildman–Crippen MR) is 90.6 cm³/mol. The van der Waals surface area contributed by atoms with Crippen molar-refractivity contribution in [2.24, 2.45) is 7.05 Å². The van der Waals surface area contributed by atoms with Crippen LogP contribution < -0.4 is 4.90 Å². The van der Waals surface area contributed by atoms with Gasteiger partial charge >= 0.3 is 0 Å². The Hall–Kier alpha value is -2.47. The molecular weight excluding hydrogens is 307 g/mol. The molecule has 6 heteroatoms. The number of pyridine rings is 1. The smallest absolute Gasteiger partial charge is 0.125 e. The Bertz CT molecular complexity index is 887. The number of anilines is 1. The van der Waals surface area contributed by atoms with E-state index >= 15 is 0 Å². The minimum atomic E-state index is -0.262. The maximum absolute atomic E-state index is 13.5. The molecule has 24 heavy (non-hydrogen) atoms. The zero-order chi connectivity index (χ0) is 16.7. The minimum Gasteiger partial charge on any atom is -0.370 e. The van der Waals surface area contributed by atoms with E-state index in [0.717, 1.165) is 35.4 Å². The van der Waals surface area contributed by atoms with E-state index in [4.69, 9.17) is 4.74 Å². The number of nitrogens with zero attached hydrogens (tertiary/aromatic N) is 4. The van der Waals surface area contributed by atoms with Gasteiger partial charge in [-0.25, -0.2) is 4.39 Å². The summed E-state index contributed by atoms with van der Waals surface area (Å²) in [7, 11) is 1.90. The van der Waals surface area contributed by atoms with Gasteiger partial charge in [0.25, 0.3) is 0 Å². The van der Waals surface area contributed by atoms with Gasteiger partial charge < -0.3 is 9.64 Å². The minimum absolute atomic E-state index is 0.0172. The van der Waals surface area contributed by atoms with Crippen LogP contribution in [0.3, 0.4) is 0 Å². The number of ether oxygens (including phenoxy) is 1. The fourth-order valence-corrected chi connectivity index (χ4v) is 3.25. The molecule has 1 aliphatic rings. The fourth-order valence-electron chi connectivity index (χ4n) is 3.25. The first kappa shape index (κ1) is 15.1. The van der Waals surface area contributed by atoms with Crippen molar-refractivity contribution in [1.29, 1.82) is 0 Å². The van der Waals surface area contributed by atoms with Gasteiger partial charge in [-0.1, -0.05) is 0 Å². The summed E-state index contributed by atoms with van der Waals surface area (Å²) in [4.78, 5) is 6.75. The monoisotopic (exact) mass is 326 g/mol. The lowest BCUT2D eigenvalue weighted by molar-refractivity contribution is 0.0398. The number of benzene rings is 1. The predicted octanol–water partition coefficient (Wildman–Crippen LogP) is 2.99. The van der Waals surface area contributed by atoms with Crippen molar-refractivity contribution in [3.8, 4) is 0 Å². The number of halogens is 1. The zero-order valence-electron chi connectivity index (χ0n) is 13.7. The highest BCUT2D eigenvalue weighted by Crippen LogP contribution is 2.31. The highest BCUT2D eigenvalue weighted by atomic mass is 19.1. The Morgan fingerprint density at radius 1 is 1.29 bits per heavy atom. The maximum atomic E-state index is 13.5. The Kier molecular flexibility index (Phi) is 3.69. The van der Waals surface area contributed by atoms with Gasteiger partial charge in [-0.05, 0) is 25.1 Å². The summed E-state index contributed by atoms with van der Waals surface area (Å²) in [6.07, 6.45) is 3.82. The number of rotatable bonds is 2. The molecule has 0 N–H and O–H groups in total. The Balaban J connectivity index is 1.71. The maximum Gasteiger partial charge on any atom is 0.125 e. The molecule has 2 aromatic heterocycles. The van der Waals surface area contributed by atoms with Crippen molar-refractivity contribution in [2.75, 3.05) is 24.6 Å². The van der Waals surface area contributed by atoms with Crippen molar-refractivity contribution >= 4 is 16.6 Å². The standard InChI is InChI=1S/C18H19FN4O/c1-12-7-17(15-4-3-14(19)8-16(15)21-12)23-5-6-24-18(11-23)13-9-20-22(2)10-13/h3-4,7-10,18H,5-6,11H2,1-2H3. The molecule has 1 aliphatic heterocycles. The van der Waals surface area contributed by atoms with Crippen LogP contribution in [-0.2, 0) is 11.8 Å². The normalized spacial score (nSPS) is 18.3. The number of hydrogen-bond acceptors (Lipinski definition) is 4. The molecule has 1 saturated heterocycles. The molecule has 0 amide bonds. The highest BCUT2D eigenvalue weighted by Gasteiger charge is 2.24. The summed E-state index contributed by atoms with van der Waals surface area (Å²) in [5.74, 6) is -0.262. The molecule has 3 heterocycles. The van der Waals surface area contributed by atoms with E-state index in [-0.39, 0.29) is 11.9 Å². The molecule has 0 bridgehead atoms. The molecule has 1 fully saturated rings. The molecule has 1 unspecified atom stereocenters. The Morgan fingerprint density at radius 2 is 2.17 bits per heavy atom. The lowest BCUT2D eigenvalue weighted by Gasteiger charge is -2.35. The van der Waals surface area contributed by atoms with Crippen molar-refractivity contribution in [1.82, 2.24) is 14.8 Å². The summed E-state index contributed by atoms with van der Waals surface area (Å²) in [6, 6.07) is 6.85. The van der Waals surface area contributed by atoms with Crippen LogP contribution >= 0.6 is 0 Å². The van der Waals surface area contributed by atoms with Crippen LogP contribution in [0.4, 0.5) is 10.1 Å². The third kappa shape index (κ3) is 2.73. The van der Waals surface area contributed by atoms with Gasteiger partial charge in [0.1, 0.15) is 11.9 Å². The Labute approximate surface area is 139 Å². The van der Waals surface area contributed by atoms with E-state index in [1.807, 2.05) is 26.4 Å². The Morgan fingerprint density at radius 3 is 2.96 bits per heavy atom. The van der Waals surface area contributed by atoms with Crippen LogP contribution in [0.2, 0.25) is 0 Å². The average molecular weight is 326 g/mol. The second-order valence-corrected chi connectivity index (χ2v) is 6.20. The topological polar surface area (TPSA) is 43.2 Å². The van der Waals surface area contributed by atoms with E-state index in [1.165, 1.54) is 12.1 Å². The summed E-state index contributed by atoms with van der Waals surface area (Å²) >= 11 is 0. The molecule has 4 rings (SSSR count). The van der Waals surface area contributed by atoms with Crippen molar-refractivity contribution in [3.05, 3.63) is 53.7 Å². The van der Waals surface area contributed by atoms with Crippen molar-refractivity contribution in [3.63, 3.8) is 0 Å². The van der Waals surface area contributed by atoms with Crippen LogP contribution in [0.25, 0.3) is 10.9 Å². The average Bonchev–Trinajstić information content (AvgIpc) is 3.00. The third-order valence-electron chi connectivity index (χ3n) is 4.38. The molecule has 0 aliphatic carbocycles. The van der Waals surface area contributed by atoms with E-state index in [2.05, 4.69) is 21.0 Å². The van der Waals surface area contributed by atoms with Crippen molar-refractivity contribution in [2.45, 2.75) is 13.0 Å². The van der Waals surface area contributed by atoms with Crippen molar-refractivity contribution < 1.29 is 9.13 Å². The lowest BCUT2D eigenvalue weighted by Crippen LogP contribution is -2.38. The van der Waals surface area contributed by atoms with E-state index in [0.29, 0.717) is 12.1 Å². The second kappa shape index (κ2) is 5.87. The molecule has 5 nitrogen and oxygen atoms in total. The van der Waals surface area contributed by atoms with E-state index in [9.17, 15) is 4.39 Å². The number of aryl methyl sites for hydroxylation is 2. The summed E-state index contributed by atoms with van der Waals surface area (Å²) in [5.41, 5.74) is 3.72. The molecule has 1 atom stereocenters. The molecule has 124 valence electrons. The van der Waals surface area contributed by atoms with Crippen LogP contribution in [0.1, 0.15) is 17.4 Å². The first-order chi connectivity index (χ1) is 11.6. The SMILES string of the molecule is Cc1cc(N2CCOC(c3cnn(C)c3)C2)c2ccc(F)cc2n1. The number of hydrogen-bond donors (Lipinski definition) is 0. The van der Waals surface area contributed by atoms with Gasteiger partial charge in [0.15, 0.2) is 0 Å². The molecular formula is C18H19FN4O. The lowest BCUT2D eigenvalue weighted by atomic mass is 10.1. The molecule has 3 aromatic rings. The summed E-state index contributed by atoms with van der Waals surface area (Å²) in [6.45, 7) is 4.12. The molecule has 1 aromatic carbocycles. The van der Waals surface area contributed by atoms with Crippen LogP contribution in [0, 0.1) is 12.7 Å². The van der Waals surface area contributed by atoms with Gasteiger partial charge in [-0.15, -0.1) is 0 Å². The summed E-state index contributed by atoms with van der Waals surface area (Å²) < 4.78 is 21.2. The van der Waals surface area contributed by atoms with Gasteiger partial charge in [-0.2, -0.15) is 5.10 Å². The van der Waals surface area contributed by atoms with Crippen LogP contribution in [0.5, 0.6) is 0 Å². The highest BCUT2D eigenvalue weighted by molar-refractivity contribution is 5.92. The van der Waals surface area contributed by atoms with Gasteiger partial charge in [-0.3, -0.25) is 9.67 Å². The van der Waals surface area contributed by atoms with E-state index in [1.54, 1.807) is 10.7 Å². The van der Waals surface area contributed by atoms with E-state index < -0.39 is 0 Å². The van der Waals surface area contributed by atoms with Crippen LogP contribution in [0.15, 0.2) is 36.7 Å². The van der Waals surface area contributed by atoms with Gasteiger partial charge in [0.2, 0.25) is 0 Å². The zero-order valence-corrected chi connectivity index (χ0v) is 13.7. The first-order valence-electron chi connectivity index (χ1n) is 8.02. The molecule has 0 saturated carbocycles. The fraction of sp³-hybridized carbons (Fsp3) is 0.333. The number of aromatic nitrogens is 3.